The summed E-state index contributed by atoms with van der Waals surface area (Å²) in [5.41, 5.74) is 0. The number of carbonyl (C=O) groups is 2. The van der Waals surface area contributed by atoms with Crippen LogP contribution in [-0.2, 0) is 25.4 Å². The molecular weight excluding hydrogens is 600 g/mol. The van der Waals surface area contributed by atoms with Crippen LogP contribution in [0.5, 0.6) is 0 Å². The van der Waals surface area contributed by atoms with Crippen molar-refractivity contribution in [3.63, 3.8) is 0 Å². The minimum Gasteiger partial charge on any atom is -0.465 e. The van der Waals surface area contributed by atoms with Crippen molar-refractivity contribution in [2.75, 3.05) is 13.7 Å². The summed E-state index contributed by atoms with van der Waals surface area (Å²) in [6, 6.07) is 3.83. The topological polar surface area (TPSA) is 82.1 Å². The van der Waals surface area contributed by atoms with Crippen molar-refractivity contribution in [3.05, 3.63) is 34.0 Å². The van der Waals surface area contributed by atoms with Gasteiger partial charge in [0.05, 0.1) is 13.2 Å². The zero-order chi connectivity index (χ0) is 31.6. The SMILES string of the molecule is COC(=O)c1ccc(CCC[C@@H]2[C@@H](/C=C/C(=O)CCCC[C@@H](C)CC(C)(C)[Si](C)(C)O)[C@H](OC3CCCCO3)C[C@H]2Cl)s1. The van der Waals surface area contributed by atoms with Crippen LogP contribution in [0.2, 0.25) is 18.1 Å². The lowest BCUT2D eigenvalue weighted by atomic mass is 9.88. The Bertz CT molecular complexity index is 1040. The number of aryl methyl sites for hydroxylation is 1. The maximum atomic E-state index is 12.9. The number of rotatable bonds is 17. The Morgan fingerprint density at radius 1 is 1.23 bits per heavy atom. The molecule has 0 radical (unpaired) electrons. The van der Waals surface area contributed by atoms with Crippen LogP contribution in [0, 0.1) is 17.8 Å². The molecule has 244 valence electrons. The Labute approximate surface area is 270 Å². The van der Waals surface area contributed by atoms with E-state index in [9.17, 15) is 14.4 Å². The van der Waals surface area contributed by atoms with E-state index in [0.717, 1.165) is 82.1 Å². The Balaban J connectivity index is 1.54. The van der Waals surface area contributed by atoms with Crippen molar-refractivity contribution in [2.24, 2.45) is 17.8 Å². The third-order valence-corrected chi connectivity index (χ3v) is 14.9. The van der Waals surface area contributed by atoms with E-state index in [0.29, 0.717) is 17.2 Å². The molecule has 3 rings (SSSR count). The first kappa shape index (κ1) is 36.4. The Kier molecular flexibility index (Phi) is 14.4. The fraction of sp³-hybridized carbons (Fsp3) is 0.765. The molecule has 6 atom stereocenters. The van der Waals surface area contributed by atoms with Gasteiger partial charge in [-0.1, -0.05) is 39.7 Å². The summed E-state index contributed by atoms with van der Waals surface area (Å²) in [6.07, 6.45) is 14.7. The van der Waals surface area contributed by atoms with Gasteiger partial charge in [-0.25, -0.2) is 4.79 Å². The number of esters is 1. The van der Waals surface area contributed by atoms with E-state index in [-0.39, 0.29) is 46.4 Å². The van der Waals surface area contributed by atoms with Crippen LogP contribution < -0.4 is 0 Å². The maximum absolute atomic E-state index is 12.9. The molecule has 1 saturated carbocycles. The first-order valence-corrected chi connectivity index (χ1v) is 20.5. The molecule has 0 aromatic carbocycles. The summed E-state index contributed by atoms with van der Waals surface area (Å²) in [5.74, 6) is 0.677. The third kappa shape index (κ3) is 11.4. The number of alkyl halides is 1. The van der Waals surface area contributed by atoms with Crippen LogP contribution >= 0.6 is 22.9 Å². The Morgan fingerprint density at radius 3 is 2.67 bits per heavy atom. The van der Waals surface area contributed by atoms with E-state index in [1.54, 1.807) is 6.08 Å². The van der Waals surface area contributed by atoms with Gasteiger partial charge >= 0.3 is 5.97 Å². The third-order valence-electron chi connectivity index (χ3n) is 9.71. The second kappa shape index (κ2) is 17.0. The van der Waals surface area contributed by atoms with Gasteiger partial charge in [0.1, 0.15) is 4.88 Å². The highest BCUT2D eigenvalue weighted by atomic mass is 35.5. The number of hydrogen-bond acceptors (Lipinski definition) is 7. The monoisotopic (exact) mass is 654 g/mol. The molecule has 1 aliphatic carbocycles. The van der Waals surface area contributed by atoms with Crippen molar-refractivity contribution in [3.8, 4) is 0 Å². The first-order chi connectivity index (χ1) is 20.3. The van der Waals surface area contributed by atoms with Gasteiger partial charge in [-0.15, -0.1) is 22.9 Å². The molecule has 9 heteroatoms. The molecule has 1 N–H and O–H groups in total. The fourth-order valence-electron chi connectivity index (χ4n) is 6.42. The van der Waals surface area contributed by atoms with Crippen LogP contribution in [0.15, 0.2) is 24.3 Å². The summed E-state index contributed by atoms with van der Waals surface area (Å²) in [5, 5.41) is -0.0369. The maximum Gasteiger partial charge on any atom is 0.348 e. The van der Waals surface area contributed by atoms with E-state index in [4.69, 9.17) is 25.8 Å². The zero-order valence-corrected chi connectivity index (χ0v) is 29.8. The molecule has 0 amide bonds. The molecule has 0 bridgehead atoms. The molecule has 1 aromatic rings. The molecule has 2 fully saturated rings. The molecule has 1 unspecified atom stereocenters. The van der Waals surface area contributed by atoms with Crippen molar-refractivity contribution < 1.29 is 28.6 Å². The number of ketones is 1. The number of allylic oxidation sites excluding steroid dienone is 1. The first-order valence-electron chi connectivity index (χ1n) is 16.3. The molecule has 0 spiro atoms. The van der Waals surface area contributed by atoms with E-state index in [1.165, 1.54) is 18.4 Å². The van der Waals surface area contributed by atoms with Gasteiger partial charge in [0.25, 0.3) is 0 Å². The number of thiophene rings is 1. The van der Waals surface area contributed by atoms with Crippen molar-refractivity contribution >= 4 is 43.0 Å². The van der Waals surface area contributed by atoms with Gasteiger partial charge in [0, 0.05) is 29.2 Å². The minimum absolute atomic E-state index is 0.0138. The quantitative estimate of drug-likeness (QED) is 0.0595. The molecular formula is C34H55ClO6SSi. The number of unbranched alkanes of at least 4 members (excludes halogenated alkanes) is 1. The molecule has 1 aromatic heterocycles. The number of methoxy groups -OCH3 is 1. The lowest BCUT2D eigenvalue weighted by Gasteiger charge is -2.37. The Hall–Kier alpha value is -1.03. The molecule has 43 heavy (non-hydrogen) atoms. The average Bonchev–Trinajstić information content (AvgIpc) is 3.53. The fourth-order valence-corrected chi connectivity index (χ4v) is 8.71. The van der Waals surface area contributed by atoms with Crippen LogP contribution in [0.4, 0.5) is 0 Å². The van der Waals surface area contributed by atoms with Gasteiger partial charge in [-0.05, 0) is 106 Å². The van der Waals surface area contributed by atoms with Gasteiger partial charge in [-0.3, -0.25) is 4.79 Å². The van der Waals surface area contributed by atoms with Gasteiger partial charge in [0.2, 0.25) is 0 Å². The smallest absolute Gasteiger partial charge is 0.348 e. The highest BCUT2D eigenvalue weighted by molar-refractivity contribution is 7.13. The van der Waals surface area contributed by atoms with E-state index in [1.807, 2.05) is 25.2 Å². The molecule has 1 aliphatic heterocycles. The number of carbonyl (C=O) groups excluding carboxylic acids is 2. The van der Waals surface area contributed by atoms with Crippen LogP contribution in [-0.4, -0.2) is 56.4 Å². The largest absolute Gasteiger partial charge is 0.465 e. The summed E-state index contributed by atoms with van der Waals surface area (Å²) < 4.78 is 17.2. The molecule has 6 nitrogen and oxygen atoms in total. The average molecular weight is 655 g/mol. The van der Waals surface area contributed by atoms with Gasteiger partial charge in [-0.2, -0.15) is 0 Å². The zero-order valence-electron chi connectivity index (χ0n) is 27.2. The lowest BCUT2D eigenvalue weighted by molar-refractivity contribution is -0.192. The van der Waals surface area contributed by atoms with E-state index >= 15 is 0 Å². The van der Waals surface area contributed by atoms with E-state index in [2.05, 4.69) is 26.8 Å². The predicted octanol–water partition coefficient (Wildman–Crippen LogP) is 8.70. The number of hydrogen-bond donors (Lipinski definition) is 1. The minimum atomic E-state index is -2.21. The lowest BCUT2D eigenvalue weighted by Crippen LogP contribution is -2.39. The highest BCUT2D eigenvalue weighted by Crippen LogP contribution is 2.43. The van der Waals surface area contributed by atoms with Crippen molar-refractivity contribution in [1.29, 1.82) is 0 Å². The molecule has 2 heterocycles. The highest BCUT2D eigenvalue weighted by Gasteiger charge is 2.43. The summed E-state index contributed by atoms with van der Waals surface area (Å²) >= 11 is 8.43. The summed E-state index contributed by atoms with van der Waals surface area (Å²) in [6.45, 7) is 11.4. The molecule has 1 saturated heterocycles. The second-order valence-corrected chi connectivity index (χ2v) is 20.1. The van der Waals surface area contributed by atoms with E-state index < -0.39 is 8.32 Å². The van der Waals surface area contributed by atoms with Crippen LogP contribution in [0.3, 0.4) is 0 Å². The van der Waals surface area contributed by atoms with Crippen molar-refractivity contribution in [2.45, 2.75) is 134 Å². The molecule has 2 aliphatic rings. The van der Waals surface area contributed by atoms with Crippen molar-refractivity contribution in [1.82, 2.24) is 0 Å². The normalized spacial score (nSPS) is 25.7. The Morgan fingerprint density at radius 2 is 2.00 bits per heavy atom. The van der Waals surface area contributed by atoms with Gasteiger partial charge < -0.3 is 19.0 Å². The summed E-state index contributed by atoms with van der Waals surface area (Å²) in [4.78, 5) is 37.1. The number of halogens is 1. The van der Waals surface area contributed by atoms with Crippen LogP contribution in [0.1, 0.15) is 106 Å². The second-order valence-electron chi connectivity index (χ2n) is 13.9. The number of ether oxygens (including phenoxy) is 3. The summed E-state index contributed by atoms with van der Waals surface area (Å²) in [7, 11) is -0.801. The van der Waals surface area contributed by atoms with Gasteiger partial charge in [0.15, 0.2) is 20.4 Å². The standard InChI is InChI=1S/C34H55ClO6SSi/c1-24(23-34(2,3)43(5,6)38)12-7-8-13-25(36)17-19-28-27(15-11-14-26-18-20-31(42-26)33(37)39-4)29(35)22-30(28)41-32-16-9-10-21-40-32/h17-20,24,27-30,32,38H,7-16,21-23H2,1-6H3/b19-17+/t24-,27-,28-,29-,30-,32?/m1/s1. The predicted molar refractivity (Wildman–Crippen MR) is 178 cm³/mol. The van der Waals surface area contributed by atoms with Crippen LogP contribution in [0.25, 0.3) is 0 Å².